The van der Waals surface area contributed by atoms with Crippen molar-refractivity contribution in [3.63, 3.8) is 0 Å². The lowest BCUT2D eigenvalue weighted by atomic mass is 10.2. The topological polar surface area (TPSA) is 93.4 Å². The van der Waals surface area contributed by atoms with Crippen molar-refractivity contribution in [1.82, 2.24) is 10.6 Å². The fourth-order valence-corrected chi connectivity index (χ4v) is 1.18. The Kier molecular flexibility index (Phi) is 6.77. The molecule has 0 aliphatic rings. The lowest BCUT2D eigenvalue weighted by molar-refractivity contribution is -0.174. The third-order valence-corrected chi connectivity index (χ3v) is 2.04. The predicted octanol–water partition coefficient (Wildman–Crippen LogP) is 0.907. The number of carbonyl (C=O) groups is 2. The van der Waals surface area contributed by atoms with Gasteiger partial charge in [0.15, 0.2) is 0 Å². The van der Waals surface area contributed by atoms with Crippen LogP contribution in [0.4, 0.5) is 18.0 Å². The van der Waals surface area contributed by atoms with E-state index in [1.54, 1.807) is 26.1 Å². The number of hydrogen-bond acceptors (Lipinski definition) is 4. The maximum atomic E-state index is 12.0. The molecule has 118 valence electrons. The van der Waals surface area contributed by atoms with E-state index in [-0.39, 0.29) is 19.5 Å². The average molecular weight is 299 g/mol. The quantitative estimate of drug-likeness (QED) is 0.703. The molecule has 0 aliphatic carbocycles. The van der Waals surface area contributed by atoms with E-state index in [0.29, 0.717) is 0 Å². The lowest BCUT2D eigenvalue weighted by Gasteiger charge is -2.21. The Labute approximate surface area is 115 Å². The van der Waals surface area contributed by atoms with Gasteiger partial charge in [-0.3, -0.25) is 4.79 Å². The molecule has 0 rings (SSSR count). The zero-order chi connectivity index (χ0) is 16.0. The number of rotatable bonds is 5. The summed E-state index contributed by atoms with van der Waals surface area (Å²) < 4.78 is 41.1. The molecule has 2 amide bonds. The van der Waals surface area contributed by atoms with Gasteiger partial charge in [-0.15, -0.1) is 0 Å². The molecule has 1 atom stereocenters. The molecule has 9 heteroatoms. The number of alkyl carbamates (subject to hydrolysis) is 1. The summed E-state index contributed by atoms with van der Waals surface area (Å²) in [6.45, 7) is 4.91. The van der Waals surface area contributed by atoms with Gasteiger partial charge in [-0.05, 0) is 27.2 Å². The van der Waals surface area contributed by atoms with Crippen LogP contribution < -0.4 is 16.4 Å². The molecule has 0 aromatic rings. The van der Waals surface area contributed by atoms with E-state index >= 15 is 0 Å². The van der Waals surface area contributed by atoms with Gasteiger partial charge in [0, 0.05) is 19.1 Å². The van der Waals surface area contributed by atoms with E-state index in [9.17, 15) is 22.8 Å². The predicted molar refractivity (Wildman–Crippen MR) is 65.9 cm³/mol. The van der Waals surface area contributed by atoms with E-state index in [1.807, 2.05) is 0 Å². The number of ether oxygens (including phenoxy) is 1. The summed E-state index contributed by atoms with van der Waals surface area (Å²) in [5, 5.41) is 4.11. The van der Waals surface area contributed by atoms with Gasteiger partial charge >= 0.3 is 18.2 Å². The second-order valence-electron chi connectivity index (χ2n) is 5.12. The van der Waals surface area contributed by atoms with Crippen LogP contribution in [0.2, 0.25) is 0 Å². The van der Waals surface area contributed by atoms with Crippen molar-refractivity contribution in [2.45, 2.75) is 45.0 Å². The molecule has 0 radical (unpaired) electrons. The Morgan fingerprint density at radius 1 is 1.25 bits per heavy atom. The summed E-state index contributed by atoms with van der Waals surface area (Å²) in [6, 6.07) is -0.876. The second kappa shape index (κ2) is 7.32. The third kappa shape index (κ3) is 8.57. The van der Waals surface area contributed by atoms with Crippen LogP contribution in [0.3, 0.4) is 0 Å². The van der Waals surface area contributed by atoms with Gasteiger partial charge in [0.2, 0.25) is 0 Å². The van der Waals surface area contributed by atoms with E-state index < -0.39 is 29.8 Å². The SMILES string of the molecule is CC(C)(C)OC(=O)NCCC(CN)NC(=O)C(F)(F)F. The van der Waals surface area contributed by atoms with E-state index in [4.69, 9.17) is 10.5 Å². The molecular weight excluding hydrogens is 279 g/mol. The Bertz CT molecular complexity index is 340. The lowest BCUT2D eigenvalue weighted by Crippen LogP contribution is -2.47. The average Bonchev–Trinajstić information content (AvgIpc) is 2.23. The molecule has 1 unspecified atom stereocenters. The zero-order valence-corrected chi connectivity index (χ0v) is 11.6. The molecule has 0 aromatic heterocycles. The summed E-state index contributed by atoms with van der Waals surface area (Å²) in [6.07, 6.45) is -5.57. The van der Waals surface area contributed by atoms with Crippen molar-refractivity contribution in [1.29, 1.82) is 0 Å². The summed E-state index contributed by atoms with van der Waals surface area (Å²) in [4.78, 5) is 22.0. The van der Waals surface area contributed by atoms with Gasteiger partial charge in [0.1, 0.15) is 5.60 Å². The van der Waals surface area contributed by atoms with Crippen molar-refractivity contribution >= 4 is 12.0 Å². The van der Waals surface area contributed by atoms with Crippen LogP contribution >= 0.6 is 0 Å². The second-order valence-corrected chi connectivity index (χ2v) is 5.12. The van der Waals surface area contributed by atoms with E-state index in [2.05, 4.69) is 5.32 Å². The van der Waals surface area contributed by atoms with Gasteiger partial charge in [0.05, 0.1) is 0 Å². The van der Waals surface area contributed by atoms with Crippen molar-refractivity contribution in [3.8, 4) is 0 Å². The number of amides is 2. The van der Waals surface area contributed by atoms with Crippen LogP contribution in [0.1, 0.15) is 27.2 Å². The number of nitrogens with one attached hydrogen (secondary N) is 2. The van der Waals surface area contributed by atoms with E-state index in [1.165, 1.54) is 0 Å². The number of halogens is 3. The maximum absolute atomic E-state index is 12.0. The highest BCUT2D eigenvalue weighted by atomic mass is 19.4. The number of hydrogen-bond donors (Lipinski definition) is 3. The number of nitrogens with two attached hydrogens (primary N) is 1. The molecule has 0 fully saturated rings. The molecule has 0 saturated heterocycles. The molecule has 0 aromatic carbocycles. The normalized spacial score (nSPS) is 13.6. The summed E-state index contributed by atoms with van der Waals surface area (Å²) in [5.74, 6) is -2.05. The summed E-state index contributed by atoms with van der Waals surface area (Å²) in [7, 11) is 0. The fraction of sp³-hybridized carbons (Fsp3) is 0.818. The Morgan fingerprint density at radius 2 is 1.80 bits per heavy atom. The van der Waals surface area contributed by atoms with Crippen molar-refractivity contribution in [2.24, 2.45) is 5.73 Å². The molecule has 6 nitrogen and oxygen atoms in total. The number of carbonyl (C=O) groups excluding carboxylic acids is 2. The van der Waals surface area contributed by atoms with Gasteiger partial charge in [-0.2, -0.15) is 13.2 Å². The van der Waals surface area contributed by atoms with Crippen molar-refractivity contribution < 1.29 is 27.5 Å². The Hall–Kier alpha value is -1.51. The first-order chi connectivity index (χ1) is 8.95. The first kappa shape index (κ1) is 18.5. The van der Waals surface area contributed by atoms with E-state index in [0.717, 1.165) is 0 Å². The molecule has 0 aliphatic heterocycles. The standard InChI is InChI=1S/C11H20F3N3O3/c1-10(2,3)20-9(19)16-5-4-7(6-15)17-8(18)11(12,13)14/h7H,4-6,15H2,1-3H3,(H,16,19)(H,17,18). The van der Waals surface area contributed by atoms with Crippen molar-refractivity contribution in [3.05, 3.63) is 0 Å². The number of alkyl halides is 3. The van der Waals surface area contributed by atoms with Gasteiger partial charge in [-0.25, -0.2) is 4.79 Å². The first-order valence-electron chi connectivity index (χ1n) is 6.00. The molecule has 0 saturated carbocycles. The smallest absolute Gasteiger partial charge is 0.444 e. The Morgan fingerprint density at radius 3 is 2.20 bits per heavy atom. The molecule has 0 spiro atoms. The monoisotopic (exact) mass is 299 g/mol. The van der Waals surface area contributed by atoms with Crippen LogP contribution in [-0.4, -0.2) is 42.9 Å². The molecular formula is C11H20F3N3O3. The van der Waals surface area contributed by atoms with Crippen LogP contribution in [0.5, 0.6) is 0 Å². The highest BCUT2D eigenvalue weighted by molar-refractivity contribution is 5.81. The van der Waals surface area contributed by atoms with Gasteiger partial charge in [0.25, 0.3) is 0 Å². The molecule has 4 N–H and O–H groups in total. The highest BCUT2D eigenvalue weighted by Gasteiger charge is 2.39. The minimum atomic E-state index is -4.95. The first-order valence-corrected chi connectivity index (χ1v) is 6.00. The van der Waals surface area contributed by atoms with Crippen LogP contribution in [0, 0.1) is 0 Å². The molecule has 0 bridgehead atoms. The van der Waals surface area contributed by atoms with Crippen LogP contribution in [0.25, 0.3) is 0 Å². The minimum Gasteiger partial charge on any atom is -0.444 e. The zero-order valence-electron chi connectivity index (χ0n) is 11.6. The van der Waals surface area contributed by atoms with Crippen LogP contribution in [0.15, 0.2) is 0 Å². The minimum absolute atomic E-state index is 0.0366. The summed E-state index contributed by atoms with van der Waals surface area (Å²) in [5.41, 5.74) is 4.59. The van der Waals surface area contributed by atoms with Gasteiger partial charge in [-0.1, -0.05) is 0 Å². The largest absolute Gasteiger partial charge is 0.471 e. The molecule has 20 heavy (non-hydrogen) atoms. The Balaban J connectivity index is 4.09. The molecule has 0 heterocycles. The van der Waals surface area contributed by atoms with Crippen LogP contribution in [-0.2, 0) is 9.53 Å². The maximum Gasteiger partial charge on any atom is 0.471 e. The van der Waals surface area contributed by atoms with Gasteiger partial charge < -0.3 is 21.1 Å². The highest BCUT2D eigenvalue weighted by Crippen LogP contribution is 2.14. The van der Waals surface area contributed by atoms with Crippen molar-refractivity contribution in [2.75, 3.05) is 13.1 Å². The fourth-order valence-electron chi connectivity index (χ4n) is 1.18. The summed E-state index contributed by atoms with van der Waals surface area (Å²) >= 11 is 0. The third-order valence-electron chi connectivity index (χ3n) is 2.04.